The summed E-state index contributed by atoms with van der Waals surface area (Å²) in [5.74, 6) is -0.641. The van der Waals surface area contributed by atoms with E-state index in [2.05, 4.69) is 4.74 Å². The normalized spacial score (nSPS) is 23.2. The van der Waals surface area contributed by atoms with Crippen LogP contribution in [-0.2, 0) is 9.59 Å². The van der Waals surface area contributed by atoms with Gasteiger partial charge in [-0.3, -0.25) is 14.4 Å². The predicted octanol–water partition coefficient (Wildman–Crippen LogP) is 2.36. The van der Waals surface area contributed by atoms with E-state index < -0.39 is 18.6 Å². The lowest BCUT2D eigenvalue weighted by Gasteiger charge is -2.39. The molecule has 1 aromatic carbocycles. The number of likely N-dealkylation sites (tertiary alicyclic amines) is 3. The third kappa shape index (κ3) is 3.97. The molecule has 3 aliphatic heterocycles. The van der Waals surface area contributed by atoms with Crippen LogP contribution in [0.5, 0.6) is 5.75 Å². The van der Waals surface area contributed by atoms with Gasteiger partial charge in [0.15, 0.2) is 0 Å². The molecule has 3 heterocycles. The highest BCUT2D eigenvalue weighted by Crippen LogP contribution is 2.41. The maximum atomic E-state index is 13.2. The molecule has 1 atom stereocenters. The number of nitrogens with zero attached hydrogens (tertiary/aromatic N) is 3. The SMILES string of the molecule is CN1CCC2(CCN(C(=O)C3CCCN3C(=O)c3ccccc3OC(F)F)CC2)C1=O. The number of carbonyl (C=O) groups is 3. The molecule has 0 aromatic heterocycles. The Balaban J connectivity index is 1.45. The molecular weight excluding hydrogens is 408 g/mol. The van der Waals surface area contributed by atoms with Gasteiger partial charge >= 0.3 is 6.61 Å². The second-order valence-corrected chi connectivity index (χ2v) is 8.61. The van der Waals surface area contributed by atoms with Crippen LogP contribution in [-0.4, -0.2) is 78.3 Å². The summed E-state index contributed by atoms with van der Waals surface area (Å²) in [5, 5.41) is 0. The first kappa shape index (κ1) is 21.5. The van der Waals surface area contributed by atoms with E-state index in [0.29, 0.717) is 45.3 Å². The molecule has 31 heavy (non-hydrogen) atoms. The first-order valence-corrected chi connectivity index (χ1v) is 10.7. The monoisotopic (exact) mass is 435 g/mol. The van der Waals surface area contributed by atoms with Crippen molar-refractivity contribution >= 4 is 17.7 Å². The van der Waals surface area contributed by atoms with Crippen LogP contribution < -0.4 is 4.74 Å². The van der Waals surface area contributed by atoms with Crippen LogP contribution in [0.4, 0.5) is 8.78 Å². The molecule has 0 N–H and O–H groups in total. The number of hydrogen-bond acceptors (Lipinski definition) is 4. The maximum absolute atomic E-state index is 13.2. The molecule has 3 amide bonds. The van der Waals surface area contributed by atoms with Gasteiger partial charge in [-0.1, -0.05) is 12.1 Å². The number of rotatable bonds is 4. The Bertz CT molecular complexity index is 870. The smallest absolute Gasteiger partial charge is 0.387 e. The molecule has 168 valence electrons. The number of hydrogen-bond donors (Lipinski definition) is 0. The van der Waals surface area contributed by atoms with E-state index in [-0.39, 0.29) is 28.5 Å². The molecule has 0 bridgehead atoms. The Morgan fingerprint density at radius 2 is 1.77 bits per heavy atom. The lowest BCUT2D eigenvalue weighted by molar-refractivity contribution is -0.143. The number of benzene rings is 1. The number of halogens is 2. The average molecular weight is 435 g/mol. The summed E-state index contributed by atoms with van der Waals surface area (Å²) < 4.78 is 30.0. The van der Waals surface area contributed by atoms with Crippen LogP contribution in [0.3, 0.4) is 0 Å². The van der Waals surface area contributed by atoms with E-state index in [1.807, 2.05) is 7.05 Å². The lowest BCUT2D eigenvalue weighted by Crippen LogP contribution is -2.52. The quantitative estimate of drug-likeness (QED) is 0.728. The lowest BCUT2D eigenvalue weighted by atomic mass is 9.77. The zero-order chi connectivity index (χ0) is 22.2. The third-order valence-electron chi connectivity index (χ3n) is 6.89. The second kappa shape index (κ2) is 8.43. The molecule has 3 aliphatic rings. The van der Waals surface area contributed by atoms with Gasteiger partial charge in [-0.25, -0.2) is 0 Å². The number of amides is 3. The van der Waals surface area contributed by atoms with Gasteiger partial charge in [0.05, 0.1) is 11.0 Å². The second-order valence-electron chi connectivity index (χ2n) is 8.61. The van der Waals surface area contributed by atoms with Gasteiger partial charge in [-0.05, 0) is 44.2 Å². The van der Waals surface area contributed by atoms with Gasteiger partial charge in [0.25, 0.3) is 5.91 Å². The highest BCUT2D eigenvalue weighted by Gasteiger charge is 2.48. The van der Waals surface area contributed by atoms with Crippen molar-refractivity contribution < 1.29 is 27.9 Å². The molecule has 3 fully saturated rings. The third-order valence-corrected chi connectivity index (χ3v) is 6.89. The first-order chi connectivity index (χ1) is 14.8. The van der Waals surface area contributed by atoms with Crippen LogP contribution in [0.15, 0.2) is 24.3 Å². The minimum atomic E-state index is -3.04. The summed E-state index contributed by atoms with van der Waals surface area (Å²) in [7, 11) is 1.81. The molecule has 0 saturated carbocycles. The minimum absolute atomic E-state index is 0.0275. The van der Waals surface area contributed by atoms with Crippen molar-refractivity contribution in [3.8, 4) is 5.75 Å². The number of ether oxygens (including phenoxy) is 1. The van der Waals surface area contributed by atoms with Crippen molar-refractivity contribution in [1.29, 1.82) is 0 Å². The van der Waals surface area contributed by atoms with Gasteiger partial charge in [0.2, 0.25) is 11.8 Å². The summed E-state index contributed by atoms with van der Waals surface area (Å²) in [6, 6.07) is 5.24. The summed E-state index contributed by atoms with van der Waals surface area (Å²) in [4.78, 5) is 43.8. The van der Waals surface area contributed by atoms with Crippen LogP contribution in [0.2, 0.25) is 0 Å². The zero-order valence-corrected chi connectivity index (χ0v) is 17.6. The molecular formula is C22H27F2N3O4. The Morgan fingerprint density at radius 1 is 1.10 bits per heavy atom. The Kier molecular flexibility index (Phi) is 5.85. The Labute approximate surface area is 179 Å². The molecule has 1 unspecified atom stereocenters. The van der Waals surface area contributed by atoms with Gasteiger partial charge in [0.1, 0.15) is 11.8 Å². The van der Waals surface area contributed by atoms with Gasteiger partial charge in [0, 0.05) is 33.2 Å². The van der Waals surface area contributed by atoms with Crippen LogP contribution in [0.25, 0.3) is 0 Å². The largest absolute Gasteiger partial charge is 0.434 e. The van der Waals surface area contributed by atoms with E-state index in [1.165, 1.54) is 23.1 Å². The topological polar surface area (TPSA) is 70.2 Å². The number of para-hydroxylation sites is 1. The van der Waals surface area contributed by atoms with Crippen molar-refractivity contribution in [2.75, 3.05) is 33.2 Å². The molecule has 1 aromatic rings. The van der Waals surface area contributed by atoms with E-state index in [0.717, 1.165) is 13.0 Å². The fourth-order valence-electron chi connectivity index (χ4n) is 5.09. The minimum Gasteiger partial charge on any atom is -0.434 e. The Hall–Kier alpha value is -2.71. The highest BCUT2D eigenvalue weighted by molar-refractivity contribution is 6.00. The molecule has 0 radical (unpaired) electrons. The molecule has 3 saturated heterocycles. The van der Waals surface area contributed by atoms with E-state index >= 15 is 0 Å². The maximum Gasteiger partial charge on any atom is 0.387 e. The van der Waals surface area contributed by atoms with Gasteiger partial charge in [-0.2, -0.15) is 8.78 Å². The standard InChI is InChI=1S/C22H27F2N3O4/c1-25-12-8-22(20(25)30)9-13-26(14-10-22)19(29)16-6-4-11-27(16)18(28)15-5-2-3-7-17(15)31-21(23)24/h2-3,5,7,16,21H,4,6,8-14H2,1H3. The number of alkyl halides is 2. The molecule has 9 heteroatoms. The fraction of sp³-hybridized carbons (Fsp3) is 0.591. The van der Waals surface area contributed by atoms with Crippen LogP contribution in [0.1, 0.15) is 42.5 Å². The van der Waals surface area contributed by atoms with Crippen molar-refractivity contribution in [3.05, 3.63) is 29.8 Å². The van der Waals surface area contributed by atoms with Crippen molar-refractivity contribution in [3.63, 3.8) is 0 Å². The number of carbonyl (C=O) groups excluding carboxylic acids is 3. The average Bonchev–Trinajstić information content (AvgIpc) is 3.35. The van der Waals surface area contributed by atoms with Crippen molar-refractivity contribution in [2.24, 2.45) is 5.41 Å². The van der Waals surface area contributed by atoms with Crippen molar-refractivity contribution in [1.82, 2.24) is 14.7 Å². The van der Waals surface area contributed by atoms with Crippen LogP contribution >= 0.6 is 0 Å². The fourth-order valence-corrected chi connectivity index (χ4v) is 5.09. The van der Waals surface area contributed by atoms with E-state index in [9.17, 15) is 23.2 Å². The van der Waals surface area contributed by atoms with Gasteiger partial charge < -0.3 is 19.4 Å². The zero-order valence-electron chi connectivity index (χ0n) is 17.6. The summed E-state index contributed by atoms with van der Waals surface area (Å²) in [6.45, 7) is -0.927. The molecule has 4 rings (SSSR count). The van der Waals surface area contributed by atoms with Crippen molar-refractivity contribution in [2.45, 2.75) is 44.8 Å². The van der Waals surface area contributed by atoms with E-state index in [1.54, 1.807) is 15.9 Å². The van der Waals surface area contributed by atoms with Gasteiger partial charge in [-0.15, -0.1) is 0 Å². The van der Waals surface area contributed by atoms with Crippen LogP contribution in [0, 0.1) is 5.41 Å². The summed E-state index contributed by atoms with van der Waals surface area (Å²) in [6.07, 6.45) is 3.29. The molecule has 1 spiro atoms. The number of piperidine rings is 1. The highest BCUT2D eigenvalue weighted by atomic mass is 19.3. The van der Waals surface area contributed by atoms with E-state index in [4.69, 9.17) is 0 Å². The summed E-state index contributed by atoms with van der Waals surface area (Å²) in [5.41, 5.74) is -0.331. The predicted molar refractivity (Wildman–Crippen MR) is 108 cm³/mol. The molecule has 7 nitrogen and oxygen atoms in total. The summed E-state index contributed by atoms with van der Waals surface area (Å²) >= 11 is 0. The molecule has 0 aliphatic carbocycles. The Morgan fingerprint density at radius 3 is 2.42 bits per heavy atom. The first-order valence-electron chi connectivity index (χ1n) is 10.7.